The van der Waals surface area contributed by atoms with Crippen LogP contribution < -0.4 is 15.8 Å². The smallest absolute Gasteiger partial charge is 0.153 e. The summed E-state index contributed by atoms with van der Waals surface area (Å²) in [6.07, 6.45) is 2.62. The Hall–Kier alpha value is -1.32. The Labute approximate surface area is 154 Å². The summed E-state index contributed by atoms with van der Waals surface area (Å²) in [7, 11) is 2.63. The van der Waals surface area contributed by atoms with Crippen LogP contribution in [0.15, 0.2) is 12.1 Å². The molecule has 0 spiro atoms. The van der Waals surface area contributed by atoms with Crippen LogP contribution in [0.1, 0.15) is 47.5 Å². The second-order valence-corrected chi connectivity index (χ2v) is 7.22. The lowest BCUT2D eigenvalue weighted by molar-refractivity contribution is 0.271. The van der Waals surface area contributed by atoms with E-state index >= 15 is 0 Å². The van der Waals surface area contributed by atoms with Crippen LogP contribution in [0, 0.1) is 5.92 Å². The van der Waals surface area contributed by atoms with Crippen molar-refractivity contribution in [3.05, 3.63) is 12.1 Å². The minimum Gasteiger partial charge on any atom is -0.494 e. The standard InChI is InChI=1S/C10H23N.C9H12N3OP/c1-5-8-11(6-2)9-7-10(3)4;1-2-13-5-3-6-8(7(14)4-5)9(10)12-11-6/h10H,5-9H2,1-4H3;3-4H,2,14H2,1H3,(H3,10,11,12). The van der Waals surface area contributed by atoms with Gasteiger partial charge in [-0.3, -0.25) is 5.10 Å². The third kappa shape index (κ3) is 7.21. The number of hydrogen-bond donors (Lipinski definition) is 2. The van der Waals surface area contributed by atoms with Crippen LogP contribution in [0.3, 0.4) is 0 Å². The van der Waals surface area contributed by atoms with Crippen molar-refractivity contribution in [1.29, 1.82) is 0 Å². The number of nitrogens with two attached hydrogens (primary N) is 1. The number of nitrogen functional groups attached to an aromatic ring is 1. The molecule has 0 fully saturated rings. The normalized spacial score (nSPS) is 11.0. The topological polar surface area (TPSA) is 67.2 Å². The molecular weight excluding hydrogens is 331 g/mol. The Kier molecular flexibility index (Phi) is 9.84. The molecular formula is C19H35N4OP. The van der Waals surface area contributed by atoms with Crippen LogP contribution in [0.4, 0.5) is 5.82 Å². The predicted octanol–water partition coefficient (Wildman–Crippen LogP) is 3.81. The third-order valence-electron chi connectivity index (χ3n) is 4.02. The number of anilines is 1. The van der Waals surface area contributed by atoms with Crippen molar-refractivity contribution >= 4 is 31.3 Å². The zero-order chi connectivity index (χ0) is 18.8. The van der Waals surface area contributed by atoms with Gasteiger partial charge in [0.05, 0.1) is 17.5 Å². The van der Waals surface area contributed by atoms with E-state index in [0.717, 1.165) is 27.9 Å². The van der Waals surface area contributed by atoms with Crippen LogP contribution in [-0.4, -0.2) is 41.3 Å². The molecule has 0 aliphatic rings. The fraction of sp³-hybridized carbons (Fsp3) is 0.632. The monoisotopic (exact) mass is 366 g/mol. The summed E-state index contributed by atoms with van der Waals surface area (Å²) in [6, 6.07) is 3.83. The van der Waals surface area contributed by atoms with Crippen LogP contribution in [-0.2, 0) is 0 Å². The summed E-state index contributed by atoms with van der Waals surface area (Å²) in [6.45, 7) is 15.4. The van der Waals surface area contributed by atoms with Gasteiger partial charge >= 0.3 is 0 Å². The Morgan fingerprint density at radius 3 is 2.52 bits per heavy atom. The van der Waals surface area contributed by atoms with Gasteiger partial charge in [-0.1, -0.05) is 27.7 Å². The molecule has 6 heteroatoms. The molecule has 2 rings (SSSR count). The molecule has 0 aliphatic heterocycles. The number of rotatable bonds is 8. The second-order valence-electron chi connectivity index (χ2n) is 6.59. The summed E-state index contributed by atoms with van der Waals surface area (Å²) < 4.78 is 5.40. The zero-order valence-corrected chi connectivity index (χ0v) is 17.6. The maximum Gasteiger partial charge on any atom is 0.153 e. The van der Waals surface area contributed by atoms with Gasteiger partial charge in [0.2, 0.25) is 0 Å². The van der Waals surface area contributed by atoms with Crippen molar-refractivity contribution in [2.24, 2.45) is 5.92 Å². The summed E-state index contributed by atoms with van der Waals surface area (Å²) in [4.78, 5) is 2.53. The quantitative estimate of drug-likeness (QED) is 0.697. The van der Waals surface area contributed by atoms with Gasteiger partial charge in [0.15, 0.2) is 5.82 Å². The number of aromatic nitrogens is 2. The van der Waals surface area contributed by atoms with Crippen molar-refractivity contribution in [1.82, 2.24) is 15.1 Å². The number of nitrogens with one attached hydrogen (secondary N) is 1. The van der Waals surface area contributed by atoms with E-state index in [1.54, 1.807) is 0 Å². The van der Waals surface area contributed by atoms with E-state index in [0.29, 0.717) is 12.4 Å². The van der Waals surface area contributed by atoms with Gasteiger partial charge in [-0.15, -0.1) is 9.24 Å². The molecule has 1 aromatic heterocycles. The SMILES string of the molecule is CCCN(CC)CCC(C)C.CCOc1cc(P)c2c(N)n[nH]c2c1. The molecule has 25 heavy (non-hydrogen) atoms. The van der Waals surface area contributed by atoms with Crippen LogP contribution in [0.2, 0.25) is 0 Å². The molecule has 5 nitrogen and oxygen atoms in total. The first kappa shape index (κ1) is 21.7. The minimum absolute atomic E-state index is 0.521. The van der Waals surface area contributed by atoms with Gasteiger partial charge in [-0.2, -0.15) is 5.10 Å². The Balaban J connectivity index is 0.000000260. The summed E-state index contributed by atoms with van der Waals surface area (Å²) in [5.74, 6) is 2.20. The van der Waals surface area contributed by atoms with Gasteiger partial charge in [0, 0.05) is 6.07 Å². The molecule has 1 atom stereocenters. The Morgan fingerprint density at radius 2 is 1.96 bits per heavy atom. The molecule has 0 saturated heterocycles. The van der Waals surface area contributed by atoms with E-state index in [-0.39, 0.29) is 0 Å². The highest BCUT2D eigenvalue weighted by molar-refractivity contribution is 7.28. The van der Waals surface area contributed by atoms with Crippen molar-refractivity contribution in [2.45, 2.75) is 47.5 Å². The first-order valence-corrected chi connectivity index (χ1v) is 9.88. The number of hydrogen-bond acceptors (Lipinski definition) is 4. The van der Waals surface area contributed by atoms with Crippen LogP contribution in [0.5, 0.6) is 5.75 Å². The van der Waals surface area contributed by atoms with Gasteiger partial charge < -0.3 is 15.4 Å². The first-order chi connectivity index (χ1) is 11.9. The molecule has 142 valence electrons. The highest BCUT2D eigenvalue weighted by Crippen LogP contribution is 2.22. The van der Waals surface area contributed by atoms with Gasteiger partial charge in [-0.25, -0.2) is 0 Å². The molecule has 1 aromatic carbocycles. The molecule has 0 bridgehead atoms. The van der Waals surface area contributed by atoms with Crippen molar-refractivity contribution in [3.63, 3.8) is 0 Å². The van der Waals surface area contributed by atoms with Crippen molar-refractivity contribution in [2.75, 3.05) is 32.0 Å². The number of nitrogens with zero attached hydrogens (tertiary/aromatic N) is 2. The fourth-order valence-corrected chi connectivity index (χ4v) is 3.09. The van der Waals surface area contributed by atoms with E-state index in [9.17, 15) is 0 Å². The first-order valence-electron chi connectivity index (χ1n) is 9.31. The number of fused-ring (bicyclic) bond motifs is 1. The molecule has 3 N–H and O–H groups in total. The average Bonchev–Trinajstić information content (AvgIpc) is 2.94. The molecule has 1 heterocycles. The van der Waals surface area contributed by atoms with Crippen LogP contribution in [0.25, 0.3) is 10.9 Å². The summed E-state index contributed by atoms with van der Waals surface area (Å²) in [5, 5.41) is 8.74. The average molecular weight is 366 g/mol. The van der Waals surface area contributed by atoms with E-state index in [2.05, 4.69) is 52.0 Å². The van der Waals surface area contributed by atoms with Gasteiger partial charge in [0.1, 0.15) is 5.75 Å². The van der Waals surface area contributed by atoms with Crippen molar-refractivity contribution in [3.8, 4) is 5.75 Å². The highest BCUT2D eigenvalue weighted by Gasteiger charge is 2.07. The molecule has 2 aromatic rings. The lowest BCUT2D eigenvalue weighted by Gasteiger charge is -2.20. The number of H-pyrrole nitrogens is 1. The van der Waals surface area contributed by atoms with E-state index < -0.39 is 0 Å². The molecule has 0 aliphatic carbocycles. The maximum absolute atomic E-state index is 5.70. The molecule has 1 unspecified atom stereocenters. The Morgan fingerprint density at radius 1 is 1.24 bits per heavy atom. The third-order valence-corrected chi connectivity index (χ3v) is 4.47. The molecule has 0 saturated carbocycles. The number of aromatic amines is 1. The van der Waals surface area contributed by atoms with Gasteiger partial charge in [-0.05, 0) is 56.7 Å². The predicted molar refractivity (Wildman–Crippen MR) is 113 cm³/mol. The molecule has 0 radical (unpaired) electrons. The fourth-order valence-electron chi connectivity index (χ4n) is 2.62. The van der Waals surface area contributed by atoms with Crippen molar-refractivity contribution < 1.29 is 4.74 Å². The number of ether oxygens (including phenoxy) is 1. The maximum atomic E-state index is 5.70. The lowest BCUT2D eigenvalue weighted by Crippen LogP contribution is -2.26. The largest absolute Gasteiger partial charge is 0.494 e. The second kappa shape index (κ2) is 11.3. The summed E-state index contributed by atoms with van der Waals surface area (Å²) in [5.41, 5.74) is 6.61. The van der Waals surface area contributed by atoms with E-state index in [1.807, 2.05) is 19.1 Å². The van der Waals surface area contributed by atoms with Gasteiger partial charge in [0.25, 0.3) is 0 Å². The van der Waals surface area contributed by atoms with E-state index in [1.165, 1.54) is 32.5 Å². The lowest BCUT2D eigenvalue weighted by atomic mass is 10.1. The zero-order valence-electron chi connectivity index (χ0n) is 16.4. The summed E-state index contributed by atoms with van der Waals surface area (Å²) >= 11 is 0. The van der Waals surface area contributed by atoms with Crippen LogP contribution >= 0.6 is 9.24 Å². The number of benzene rings is 1. The minimum atomic E-state index is 0.521. The molecule has 0 amide bonds. The Bertz CT molecular complexity index is 627. The highest BCUT2D eigenvalue weighted by atomic mass is 31.0. The van der Waals surface area contributed by atoms with E-state index in [4.69, 9.17) is 10.5 Å².